The van der Waals surface area contributed by atoms with Crippen LogP contribution in [0.15, 0.2) is 26.4 Å². The summed E-state index contributed by atoms with van der Waals surface area (Å²) in [6.45, 7) is 5.21. The number of azide groups is 1. The van der Waals surface area contributed by atoms with Crippen LogP contribution in [0.25, 0.3) is 10.4 Å². The second-order valence-corrected chi connectivity index (χ2v) is 10.1. The summed E-state index contributed by atoms with van der Waals surface area (Å²) in [5, 5.41) is 3.54. The third kappa shape index (κ3) is 2.78. The maximum Gasteiger partial charge on any atom is 0.126 e. The van der Waals surface area contributed by atoms with Gasteiger partial charge in [-0.25, -0.2) is 0 Å². The van der Waals surface area contributed by atoms with Crippen LogP contribution in [0.3, 0.4) is 0 Å². The van der Waals surface area contributed by atoms with Gasteiger partial charge in [0.15, 0.2) is 0 Å². The van der Waals surface area contributed by atoms with E-state index in [1.54, 1.807) is 9.15 Å². The normalized spacial score (nSPS) is 45.4. The number of nitrogens with zero attached hydrogens (tertiary/aromatic N) is 3. The van der Waals surface area contributed by atoms with Gasteiger partial charge >= 0.3 is 0 Å². The van der Waals surface area contributed by atoms with E-state index in [9.17, 15) is 0 Å². The van der Waals surface area contributed by atoms with Gasteiger partial charge in [0.05, 0.1) is 6.10 Å². The van der Waals surface area contributed by atoms with Crippen LogP contribution in [0.1, 0.15) is 58.8 Å². The van der Waals surface area contributed by atoms with Gasteiger partial charge in [0.25, 0.3) is 0 Å². The number of hydrogen-bond donors (Lipinski definition) is 0. The summed E-state index contributed by atoms with van der Waals surface area (Å²) in [7, 11) is 0. The maximum atomic E-state index is 8.43. The van der Waals surface area contributed by atoms with Gasteiger partial charge in [-0.2, -0.15) is 0 Å². The minimum Gasteiger partial charge on any atom is -0.372 e. The molecule has 0 aromatic carbocycles. The topological polar surface area (TPSA) is 58.0 Å². The highest BCUT2D eigenvalue weighted by Gasteiger charge is 2.56. The summed E-state index contributed by atoms with van der Waals surface area (Å²) >= 11 is 2.60. The van der Waals surface area contributed by atoms with Gasteiger partial charge in [-0.1, -0.05) is 36.7 Å². The van der Waals surface area contributed by atoms with E-state index in [1.165, 1.54) is 32.1 Å². The largest absolute Gasteiger partial charge is 0.372 e. The molecule has 5 heteroatoms. The van der Waals surface area contributed by atoms with E-state index in [-0.39, 0.29) is 12.8 Å². The van der Waals surface area contributed by atoms with Crippen LogP contribution in [-0.2, 0) is 4.74 Å². The number of ether oxygens (including phenoxy) is 1. The summed E-state index contributed by atoms with van der Waals surface area (Å²) in [5.74, 6) is 2.52. The van der Waals surface area contributed by atoms with Crippen LogP contribution in [0.2, 0.25) is 0 Å². The molecule has 136 valence electrons. The van der Waals surface area contributed by atoms with Crippen molar-refractivity contribution in [2.24, 2.45) is 33.7 Å². The third-order valence-corrected chi connectivity index (χ3v) is 9.65. The van der Waals surface area contributed by atoms with Crippen LogP contribution in [0, 0.1) is 28.6 Å². The standard InChI is InChI=1S/C20H28IN3O/c1-19-9-7-14(25-12-23-24-22)11-13(19)3-4-15-16-5-6-18(21)20(16,2)10-8-17(15)19/h3,6,14-17H,4-5,7-12H2,1-2H3/t14-,15?,16-,17?,19?,20-/m0/s1. The lowest BCUT2D eigenvalue weighted by Crippen LogP contribution is -2.49. The molecular weight excluding hydrogens is 425 g/mol. The molecule has 3 unspecified atom stereocenters. The molecule has 25 heavy (non-hydrogen) atoms. The third-order valence-electron chi connectivity index (χ3n) is 7.98. The minimum absolute atomic E-state index is 0.168. The number of hydrogen-bond acceptors (Lipinski definition) is 2. The average molecular weight is 453 g/mol. The first-order valence-corrected chi connectivity index (χ1v) is 10.7. The first-order chi connectivity index (χ1) is 12.0. The molecule has 0 amide bonds. The van der Waals surface area contributed by atoms with Gasteiger partial charge < -0.3 is 4.74 Å². The molecule has 0 bridgehead atoms. The van der Waals surface area contributed by atoms with Crippen LogP contribution in [0.5, 0.6) is 0 Å². The van der Waals surface area contributed by atoms with E-state index < -0.39 is 0 Å². The van der Waals surface area contributed by atoms with Crippen LogP contribution in [0.4, 0.5) is 0 Å². The second-order valence-electron chi connectivity index (χ2n) is 8.89. The van der Waals surface area contributed by atoms with E-state index >= 15 is 0 Å². The Morgan fingerprint density at radius 3 is 2.80 bits per heavy atom. The number of fused-ring (bicyclic) bond motifs is 5. The van der Waals surface area contributed by atoms with Crippen molar-refractivity contribution in [1.82, 2.24) is 0 Å². The highest BCUT2D eigenvalue weighted by atomic mass is 127. The monoisotopic (exact) mass is 453 g/mol. The van der Waals surface area contributed by atoms with Crippen molar-refractivity contribution >= 4 is 22.6 Å². The molecule has 0 saturated heterocycles. The fourth-order valence-electron chi connectivity index (χ4n) is 6.45. The fourth-order valence-corrected chi connectivity index (χ4v) is 7.37. The Morgan fingerprint density at radius 2 is 2.00 bits per heavy atom. The molecular formula is C20H28IN3O. The molecule has 0 aromatic rings. The van der Waals surface area contributed by atoms with Gasteiger partial charge in [0.2, 0.25) is 0 Å². The summed E-state index contributed by atoms with van der Waals surface area (Å²) in [6, 6.07) is 0. The summed E-state index contributed by atoms with van der Waals surface area (Å²) in [6.07, 6.45) is 13.9. The summed E-state index contributed by atoms with van der Waals surface area (Å²) in [4.78, 5) is 2.79. The summed E-state index contributed by atoms with van der Waals surface area (Å²) in [5.41, 5.74) is 10.9. The minimum atomic E-state index is 0.168. The molecule has 0 radical (unpaired) electrons. The Hall–Kier alpha value is -0.520. The quantitative estimate of drug-likeness (QED) is 0.158. The fraction of sp³-hybridized carbons (Fsp3) is 0.800. The van der Waals surface area contributed by atoms with Crippen molar-refractivity contribution in [3.63, 3.8) is 0 Å². The van der Waals surface area contributed by atoms with Crippen LogP contribution >= 0.6 is 22.6 Å². The van der Waals surface area contributed by atoms with Crippen LogP contribution < -0.4 is 0 Å². The molecule has 4 aliphatic rings. The van der Waals surface area contributed by atoms with E-state index in [1.807, 2.05) is 0 Å². The lowest BCUT2D eigenvalue weighted by atomic mass is 9.48. The lowest BCUT2D eigenvalue weighted by Gasteiger charge is -2.57. The molecule has 4 rings (SSSR count). The average Bonchev–Trinajstić information content (AvgIpc) is 2.90. The Labute approximate surface area is 164 Å². The van der Waals surface area contributed by atoms with Crippen molar-refractivity contribution in [1.29, 1.82) is 0 Å². The number of allylic oxidation sites excluding steroid dienone is 3. The lowest BCUT2D eigenvalue weighted by molar-refractivity contribution is -0.0397. The predicted molar refractivity (Wildman–Crippen MR) is 108 cm³/mol. The first kappa shape index (κ1) is 17.9. The molecule has 0 spiro atoms. The molecule has 0 aliphatic heterocycles. The Balaban J connectivity index is 1.53. The zero-order valence-electron chi connectivity index (χ0n) is 15.2. The highest BCUT2D eigenvalue weighted by molar-refractivity contribution is 14.1. The van der Waals surface area contributed by atoms with Crippen molar-refractivity contribution in [3.8, 4) is 0 Å². The smallest absolute Gasteiger partial charge is 0.126 e. The van der Waals surface area contributed by atoms with E-state index in [0.29, 0.717) is 10.8 Å². The Morgan fingerprint density at radius 1 is 1.20 bits per heavy atom. The molecule has 4 nitrogen and oxygen atoms in total. The van der Waals surface area contributed by atoms with Gasteiger partial charge in [-0.05, 0) is 99.8 Å². The molecule has 2 saturated carbocycles. The van der Waals surface area contributed by atoms with E-state index in [2.05, 4.69) is 58.6 Å². The molecule has 2 fully saturated rings. The SMILES string of the molecule is CC12CC[C@H](OCN=[N+]=[N-])CC1=CCC1C2CC[C@]2(C)C(I)=CC[C@@H]12. The van der Waals surface area contributed by atoms with Crippen molar-refractivity contribution < 1.29 is 4.74 Å². The van der Waals surface area contributed by atoms with Crippen molar-refractivity contribution in [3.05, 3.63) is 31.7 Å². The van der Waals surface area contributed by atoms with Crippen LogP contribution in [-0.4, -0.2) is 12.8 Å². The van der Waals surface area contributed by atoms with E-state index in [4.69, 9.17) is 10.3 Å². The Bertz CT molecular complexity index is 668. The molecule has 0 heterocycles. The van der Waals surface area contributed by atoms with Crippen molar-refractivity contribution in [2.45, 2.75) is 64.9 Å². The predicted octanol–water partition coefficient (Wildman–Crippen LogP) is 6.53. The zero-order valence-corrected chi connectivity index (χ0v) is 17.4. The highest BCUT2D eigenvalue weighted by Crippen LogP contribution is 2.65. The molecule has 0 N–H and O–H groups in total. The number of halogens is 1. The molecule has 6 atom stereocenters. The zero-order chi connectivity index (χ0) is 17.7. The summed E-state index contributed by atoms with van der Waals surface area (Å²) < 4.78 is 7.40. The first-order valence-electron chi connectivity index (χ1n) is 9.67. The number of rotatable bonds is 3. The molecule has 4 aliphatic carbocycles. The van der Waals surface area contributed by atoms with E-state index in [0.717, 1.165) is 30.6 Å². The van der Waals surface area contributed by atoms with Gasteiger partial charge in [0.1, 0.15) is 6.73 Å². The second kappa shape index (κ2) is 6.58. The van der Waals surface area contributed by atoms with Gasteiger partial charge in [-0.3, -0.25) is 0 Å². The Kier molecular flexibility index (Phi) is 4.70. The van der Waals surface area contributed by atoms with Gasteiger partial charge in [-0.15, -0.1) is 0 Å². The van der Waals surface area contributed by atoms with Crippen molar-refractivity contribution in [2.75, 3.05) is 6.73 Å². The maximum absolute atomic E-state index is 8.43. The molecule has 0 aromatic heterocycles. The van der Waals surface area contributed by atoms with Gasteiger partial charge in [0, 0.05) is 10.3 Å².